The van der Waals surface area contributed by atoms with Crippen molar-refractivity contribution < 1.29 is 14.3 Å². The average molecular weight is 296 g/mol. The summed E-state index contributed by atoms with van der Waals surface area (Å²) < 4.78 is 10.6. The highest BCUT2D eigenvalue weighted by Gasteiger charge is 2.50. The zero-order valence-electron chi connectivity index (χ0n) is 13.0. The largest absolute Gasteiger partial charge is 0.382 e. The first-order valence-corrected chi connectivity index (χ1v) is 8.31. The molecule has 2 aliphatic carbocycles. The van der Waals surface area contributed by atoms with Gasteiger partial charge in [0.1, 0.15) is 0 Å². The van der Waals surface area contributed by atoms with E-state index in [0.29, 0.717) is 36.9 Å². The molecule has 5 atom stereocenters. The molecule has 120 valence electrons. The molecule has 2 bridgehead atoms. The second-order valence-corrected chi connectivity index (χ2v) is 6.94. The van der Waals surface area contributed by atoms with Crippen molar-refractivity contribution in [1.82, 2.24) is 4.90 Å². The van der Waals surface area contributed by atoms with Crippen molar-refractivity contribution in [3.05, 3.63) is 0 Å². The summed E-state index contributed by atoms with van der Waals surface area (Å²) in [4.78, 5) is 14.8. The van der Waals surface area contributed by atoms with E-state index in [4.69, 9.17) is 15.2 Å². The summed E-state index contributed by atoms with van der Waals surface area (Å²) in [6.45, 7) is 3.72. The van der Waals surface area contributed by atoms with Gasteiger partial charge in [-0.1, -0.05) is 0 Å². The predicted molar refractivity (Wildman–Crippen MR) is 79.7 cm³/mol. The molecule has 1 saturated heterocycles. The molecule has 0 spiro atoms. The summed E-state index contributed by atoms with van der Waals surface area (Å²) in [6, 6.07) is 0.105. The smallest absolute Gasteiger partial charge is 0.227 e. The van der Waals surface area contributed by atoms with E-state index in [9.17, 15) is 4.79 Å². The van der Waals surface area contributed by atoms with Crippen LogP contribution in [0.25, 0.3) is 0 Å². The molecule has 3 rings (SSSR count). The van der Waals surface area contributed by atoms with Gasteiger partial charge in [0.05, 0.1) is 25.7 Å². The molecule has 0 aromatic rings. The zero-order chi connectivity index (χ0) is 14.8. The number of rotatable bonds is 6. The monoisotopic (exact) mass is 296 g/mol. The maximum atomic E-state index is 12.8. The van der Waals surface area contributed by atoms with Crippen LogP contribution in [-0.2, 0) is 14.3 Å². The lowest BCUT2D eigenvalue weighted by Gasteiger charge is -2.30. The van der Waals surface area contributed by atoms with E-state index in [2.05, 4.69) is 0 Å². The Bertz CT molecular complexity index is 375. The van der Waals surface area contributed by atoms with E-state index >= 15 is 0 Å². The molecule has 21 heavy (non-hydrogen) atoms. The number of carbonyl (C=O) groups excluding carboxylic acids is 1. The first-order chi connectivity index (χ1) is 10.2. The van der Waals surface area contributed by atoms with Crippen LogP contribution < -0.4 is 5.73 Å². The number of fused-ring (bicyclic) bond motifs is 2. The Morgan fingerprint density at radius 2 is 2.05 bits per heavy atom. The lowest BCUT2D eigenvalue weighted by atomic mass is 9.84. The van der Waals surface area contributed by atoms with E-state index in [1.165, 1.54) is 19.3 Å². The summed E-state index contributed by atoms with van der Waals surface area (Å²) in [6.07, 6.45) is 4.65. The summed E-state index contributed by atoms with van der Waals surface area (Å²) >= 11 is 0. The second kappa shape index (κ2) is 6.63. The van der Waals surface area contributed by atoms with Crippen LogP contribution in [0.15, 0.2) is 0 Å². The van der Waals surface area contributed by atoms with E-state index in [1.807, 2.05) is 4.90 Å². The van der Waals surface area contributed by atoms with Gasteiger partial charge in [0, 0.05) is 32.2 Å². The number of hydrogen-bond acceptors (Lipinski definition) is 4. The molecule has 5 heteroatoms. The topological polar surface area (TPSA) is 64.8 Å². The first-order valence-electron chi connectivity index (χ1n) is 8.31. The molecule has 1 amide bonds. The van der Waals surface area contributed by atoms with Gasteiger partial charge in [0.25, 0.3) is 0 Å². The Hall–Kier alpha value is -0.650. The molecular formula is C16H28N2O3. The highest BCUT2D eigenvalue weighted by molar-refractivity contribution is 5.80. The van der Waals surface area contributed by atoms with Gasteiger partial charge < -0.3 is 20.1 Å². The van der Waals surface area contributed by atoms with Crippen molar-refractivity contribution in [3.63, 3.8) is 0 Å². The minimum Gasteiger partial charge on any atom is -0.382 e. The van der Waals surface area contributed by atoms with Crippen LogP contribution in [0.1, 0.15) is 25.7 Å². The van der Waals surface area contributed by atoms with Gasteiger partial charge in [0.2, 0.25) is 5.91 Å². The van der Waals surface area contributed by atoms with Crippen molar-refractivity contribution in [1.29, 1.82) is 0 Å². The Kier molecular flexibility index (Phi) is 4.82. The number of amides is 1. The highest BCUT2D eigenvalue weighted by Crippen LogP contribution is 2.48. The maximum absolute atomic E-state index is 12.8. The number of likely N-dealkylation sites (tertiary alicyclic amines) is 1. The normalized spacial score (nSPS) is 38.4. The minimum atomic E-state index is 0.0944. The van der Waals surface area contributed by atoms with Gasteiger partial charge >= 0.3 is 0 Å². The number of methoxy groups -OCH3 is 1. The number of carbonyl (C=O) groups is 1. The molecule has 2 N–H and O–H groups in total. The Balaban J connectivity index is 1.46. The van der Waals surface area contributed by atoms with Crippen LogP contribution in [0.2, 0.25) is 0 Å². The molecule has 0 radical (unpaired) electrons. The third kappa shape index (κ3) is 3.10. The van der Waals surface area contributed by atoms with Crippen LogP contribution in [0, 0.1) is 23.7 Å². The van der Waals surface area contributed by atoms with Gasteiger partial charge in [-0.25, -0.2) is 0 Å². The zero-order valence-corrected chi connectivity index (χ0v) is 13.0. The minimum absolute atomic E-state index is 0.0944. The Labute approximate surface area is 127 Å². The van der Waals surface area contributed by atoms with Crippen LogP contribution in [0.3, 0.4) is 0 Å². The quantitative estimate of drug-likeness (QED) is 0.739. The first kappa shape index (κ1) is 15.3. The van der Waals surface area contributed by atoms with Crippen LogP contribution >= 0.6 is 0 Å². The second-order valence-electron chi connectivity index (χ2n) is 6.94. The van der Waals surface area contributed by atoms with E-state index < -0.39 is 0 Å². The Morgan fingerprint density at radius 1 is 1.24 bits per heavy atom. The van der Waals surface area contributed by atoms with Gasteiger partial charge in [-0.2, -0.15) is 0 Å². The van der Waals surface area contributed by atoms with Crippen LogP contribution in [-0.4, -0.2) is 56.9 Å². The standard InChI is InChI=1S/C16H28N2O3/c1-20-6-7-21-10-11-4-5-18(9-11)16(19)14-12-2-3-13(8-12)15(14)17/h11-15H,2-10,17H2,1H3. The predicted octanol–water partition coefficient (Wildman–Crippen LogP) is 0.871. The summed E-state index contributed by atoms with van der Waals surface area (Å²) in [7, 11) is 1.68. The molecule has 0 aromatic heterocycles. The van der Waals surface area contributed by atoms with Crippen molar-refractivity contribution in [2.75, 3.05) is 40.0 Å². The highest BCUT2D eigenvalue weighted by atomic mass is 16.5. The third-order valence-corrected chi connectivity index (χ3v) is 5.65. The van der Waals surface area contributed by atoms with Gasteiger partial charge in [0.15, 0.2) is 0 Å². The third-order valence-electron chi connectivity index (χ3n) is 5.65. The maximum Gasteiger partial charge on any atom is 0.227 e. The van der Waals surface area contributed by atoms with Crippen molar-refractivity contribution >= 4 is 5.91 Å². The number of nitrogens with two attached hydrogens (primary N) is 1. The van der Waals surface area contributed by atoms with Gasteiger partial charge in [-0.05, 0) is 37.5 Å². The van der Waals surface area contributed by atoms with Crippen LogP contribution in [0.4, 0.5) is 0 Å². The molecule has 1 aliphatic heterocycles. The molecule has 1 heterocycles. The number of hydrogen-bond donors (Lipinski definition) is 1. The van der Waals surface area contributed by atoms with Gasteiger partial charge in [-0.3, -0.25) is 4.79 Å². The fourth-order valence-corrected chi connectivity index (χ4v) is 4.47. The summed E-state index contributed by atoms with van der Waals surface area (Å²) in [5.41, 5.74) is 6.29. The number of nitrogens with zero attached hydrogens (tertiary/aromatic N) is 1. The molecule has 3 fully saturated rings. The number of ether oxygens (including phenoxy) is 2. The van der Waals surface area contributed by atoms with E-state index in [-0.39, 0.29) is 12.0 Å². The molecular weight excluding hydrogens is 268 g/mol. The lowest BCUT2D eigenvalue weighted by Crippen LogP contribution is -2.46. The molecule has 2 saturated carbocycles. The van der Waals surface area contributed by atoms with Crippen molar-refractivity contribution in [3.8, 4) is 0 Å². The van der Waals surface area contributed by atoms with Crippen LogP contribution in [0.5, 0.6) is 0 Å². The van der Waals surface area contributed by atoms with E-state index in [1.54, 1.807) is 7.11 Å². The molecule has 0 aromatic carbocycles. The molecule has 5 unspecified atom stereocenters. The summed E-state index contributed by atoms with van der Waals surface area (Å²) in [5, 5.41) is 0. The lowest BCUT2D eigenvalue weighted by molar-refractivity contribution is -0.136. The van der Waals surface area contributed by atoms with Gasteiger partial charge in [-0.15, -0.1) is 0 Å². The average Bonchev–Trinajstić information content (AvgIpc) is 3.18. The van der Waals surface area contributed by atoms with E-state index in [0.717, 1.165) is 26.1 Å². The fraction of sp³-hybridized carbons (Fsp3) is 0.938. The van der Waals surface area contributed by atoms with Crippen molar-refractivity contribution in [2.24, 2.45) is 29.4 Å². The fourth-order valence-electron chi connectivity index (χ4n) is 4.47. The molecule has 3 aliphatic rings. The Morgan fingerprint density at radius 3 is 2.76 bits per heavy atom. The van der Waals surface area contributed by atoms with Crippen molar-refractivity contribution in [2.45, 2.75) is 31.7 Å². The SMILES string of the molecule is COCCOCC1CCN(C(=O)C2C3CCC(C3)C2N)C1. The molecule has 5 nitrogen and oxygen atoms in total. The summed E-state index contributed by atoms with van der Waals surface area (Å²) in [5.74, 6) is 2.03.